The minimum absolute atomic E-state index is 0.0353. The van der Waals surface area contributed by atoms with Crippen LogP contribution in [0.25, 0.3) is 0 Å². The number of urea groups is 1. The monoisotopic (exact) mass is 429 g/mol. The Morgan fingerprint density at radius 2 is 1.89 bits per heavy atom. The number of ether oxygens (including phenoxy) is 1. The van der Waals surface area contributed by atoms with E-state index in [9.17, 15) is 18.0 Å². The Kier molecular flexibility index (Phi) is 6.28. The van der Waals surface area contributed by atoms with Crippen LogP contribution in [0.5, 0.6) is 0 Å². The summed E-state index contributed by atoms with van der Waals surface area (Å²) in [5, 5.41) is 0.410. The molecule has 8 nitrogen and oxygen atoms in total. The van der Waals surface area contributed by atoms with Crippen molar-refractivity contribution in [2.75, 3.05) is 39.9 Å². The largest absolute Gasteiger partial charge is 0.383 e. The normalized spacial score (nSPS) is 19.7. The van der Waals surface area contributed by atoms with Gasteiger partial charge < -0.3 is 9.64 Å². The predicted octanol–water partition coefficient (Wildman–Crippen LogP) is 1.71. The molecule has 3 rings (SSSR count). The van der Waals surface area contributed by atoms with E-state index >= 15 is 0 Å². The third kappa shape index (κ3) is 4.03. The molecular formula is C18H24ClN3O5S. The summed E-state index contributed by atoms with van der Waals surface area (Å²) in [5.41, 5.74) is 0.814. The highest BCUT2D eigenvalue weighted by molar-refractivity contribution is 7.89. The quantitative estimate of drug-likeness (QED) is 0.642. The molecule has 0 aliphatic carbocycles. The Morgan fingerprint density at radius 1 is 1.21 bits per heavy atom. The second kappa shape index (κ2) is 8.36. The summed E-state index contributed by atoms with van der Waals surface area (Å²) in [5.74, 6) is -0.244. The van der Waals surface area contributed by atoms with E-state index < -0.39 is 10.0 Å². The topological polar surface area (TPSA) is 87.2 Å². The number of carbonyl (C=O) groups excluding carboxylic acids is 2. The van der Waals surface area contributed by atoms with Gasteiger partial charge >= 0.3 is 6.03 Å². The van der Waals surface area contributed by atoms with E-state index in [0.29, 0.717) is 24.5 Å². The molecule has 2 aliphatic rings. The molecule has 0 saturated carbocycles. The SMILES string of the molecule is COCCN1C(=O)CN(C2CCN(S(=O)(=O)c3ccc(C)c(Cl)c3)CC2)C1=O. The van der Waals surface area contributed by atoms with Gasteiger partial charge in [0, 0.05) is 31.3 Å². The van der Waals surface area contributed by atoms with Crippen LogP contribution in [0.15, 0.2) is 23.1 Å². The number of imide groups is 1. The number of sulfonamides is 1. The van der Waals surface area contributed by atoms with E-state index in [1.165, 1.54) is 22.4 Å². The summed E-state index contributed by atoms with van der Waals surface area (Å²) in [7, 11) is -2.13. The van der Waals surface area contributed by atoms with Crippen molar-refractivity contribution in [2.24, 2.45) is 0 Å². The van der Waals surface area contributed by atoms with Crippen LogP contribution in [0.2, 0.25) is 5.02 Å². The van der Waals surface area contributed by atoms with Gasteiger partial charge in [0.25, 0.3) is 0 Å². The minimum atomic E-state index is -3.64. The van der Waals surface area contributed by atoms with Crippen LogP contribution in [-0.2, 0) is 19.6 Å². The van der Waals surface area contributed by atoms with Crippen molar-refractivity contribution in [3.8, 4) is 0 Å². The van der Waals surface area contributed by atoms with Gasteiger partial charge in [0.05, 0.1) is 18.0 Å². The van der Waals surface area contributed by atoms with E-state index in [-0.39, 0.29) is 49.1 Å². The zero-order valence-corrected chi connectivity index (χ0v) is 17.5. The van der Waals surface area contributed by atoms with Crippen LogP contribution in [0, 0.1) is 6.92 Å². The molecule has 0 spiro atoms. The number of carbonyl (C=O) groups is 2. The van der Waals surface area contributed by atoms with E-state index in [2.05, 4.69) is 0 Å². The third-order valence-electron chi connectivity index (χ3n) is 5.25. The molecule has 3 amide bonds. The van der Waals surface area contributed by atoms with E-state index in [1.807, 2.05) is 6.92 Å². The number of hydrogen-bond acceptors (Lipinski definition) is 5. The van der Waals surface area contributed by atoms with Crippen molar-refractivity contribution in [2.45, 2.75) is 30.7 Å². The Balaban J connectivity index is 1.65. The molecule has 2 saturated heterocycles. The number of methoxy groups -OCH3 is 1. The van der Waals surface area contributed by atoms with Crippen molar-refractivity contribution in [3.63, 3.8) is 0 Å². The number of benzene rings is 1. The first-order valence-corrected chi connectivity index (χ1v) is 10.9. The summed E-state index contributed by atoms with van der Waals surface area (Å²) >= 11 is 6.08. The zero-order valence-electron chi connectivity index (χ0n) is 15.9. The fraction of sp³-hybridized carbons (Fsp3) is 0.556. The number of amides is 3. The lowest BCUT2D eigenvalue weighted by molar-refractivity contribution is -0.125. The van der Waals surface area contributed by atoms with Crippen LogP contribution in [0.4, 0.5) is 4.79 Å². The maximum Gasteiger partial charge on any atom is 0.327 e. The second-order valence-electron chi connectivity index (χ2n) is 6.99. The molecule has 10 heteroatoms. The lowest BCUT2D eigenvalue weighted by Crippen LogP contribution is -2.48. The van der Waals surface area contributed by atoms with Gasteiger partial charge in [-0.1, -0.05) is 17.7 Å². The molecule has 28 heavy (non-hydrogen) atoms. The zero-order chi connectivity index (χ0) is 20.5. The average molecular weight is 430 g/mol. The highest BCUT2D eigenvalue weighted by atomic mass is 35.5. The van der Waals surface area contributed by atoms with Crippen LogP contribution >= 0.6 is 11.6 Å². The summed E-state index contributed by atoms with van der Waals surface area (Å²) in [6.45, 7) is 2.94. The molecular weight excluding hydrogens is 406 g/mol. The van der Waals surface area contributed by atoms with Crippen LogP contribution in [0.1, 0.15) is 18.4 Å². The number of halogens is 1. The molecule has 0 radical (unpaired) electrons. The molecule has 0 N–H and O–H groups in total. The number of aryl methyl sites for hydroxylation is 1. The highest BCUT2D eigenvalue weighted by Crippen LogP contribution is 2.27. The smallest absolute Gasteiger partial charge is 0.327 e. The van der Waals surface area contributed by atoms with Gasteiger partial charge in [-0.3, -0.25) is 9.69 Å². The summed E-state index contributed by atoms with van der Waals surface area (Å²) in [4.78, 5) is 27.5. The molecule has 0 bridgehead atoms. The summed E-state index contributed by atoms with van der Waals surface area (Å²) < 4.78 is 32.1. The van der Waals surface area contributed by atoms with Crippen molar-refractivity contribution >= 4 is 33.6 Å². The summed E-state index contributed by atoms with van der Waals surface area (Å²) in [6.07, 6.45) is 0.964. The van der Waals surface area contributed by atoms with E-state index in [0.717, 1.165) is 5.56 Å². The number of nitrogens with zero attached hydrogens (tertiary/aromatic N) is 3. The van der Waals surface area contributed by atoms with Gasteiger partial charge in [-0.15, -0.1) is 0 Å². The number of rotatable bonds is 6. The van der Waals surface area contributed by atoms with Crippen LogP contribution < -0.4 is 0 Å². The van der Waals surface area contributed by atoms with E-state index in [1.54, 1.807) is 17.0 Å². The molecule has 2 aliphatic heterocycles. The molecule has 0 atom stereocenters. The van der Waals surface area contributed by atoms with Gasteiger partial charge in [-0.05, 0) is 37.5 Å². The first-order chi connectivity index (χ1) is 13.3. The Bertz CT molecular complexity index is 868. The van der Waals surface area contributed by atoms with Crippen molar-refractivity contribution < 1.29 is 22.7 Å². The van der Waals surface area contributed by atoms with E-state index in [4.69, 9.17) is 16.3 Å². The maximum absolute atomic E-state index is 12.9. The van der Waals surface area contributed by atoms with Crippen LogP contribution in [-0.4, -0.2) is 80.4 Å². The third-order valence-corrected chi connectivity index (χ3v) is 7.55. The predicted molar refractivity (Wildman–Crippen MR) is 104 cm³/mol. The second-order valence-corrected chi connectivity index (χ2v) is 9.34. The van der Waals surface area contributed by atoms with Gasteiger partial charge in [0.15, 0.2) is 0 Å². The highest BCUT2D eigenvalue weighted by Gasteiger charge is 2.41. The molecule has 2 heterocycles. The number of hydrogen-bond donors (Lipinski definition) is 0. The van der Waals surface area contributed by atoms with Crippen molar-refractivity contribution in [3.05, 3.63) is 28.8 Å². The van der Waals surface area contributed by atoms with Gasteiger partial charge in [0.2, 0.25) is 15.9 Å². The lowest BCUT2D eigenvalue weighted by atomic mass is 10.1. The molecule has 1 aromatic carbocycles. The number of piperidine rings is 1. The minimum Gasteiger partial charge on any atom is -0.383 e. The molecule has 154 valence electrons. The van der Waals surface area contributed by atoms with Crippen molar-refractivity contribution in [1.29, 1.82) is 0 Å². The molecule has 0 aromatic heterocycles. The Morgan fingerprint density at radius 3 is 2.50 bits per heavy atom. The van der Waals surface area contributed by atoms with Gasteiger partial charge in [-0.25, -0.2) is 13.2 Å². The van der Waals surface area contributed by atoms with Crippen LogP contribution in [0.3, 0.4) is 0 Å². The summed E-state index contributed by atoms with van der Waals surface area (Å²) in [6, 6.07) is 4.23. The first-order valence-electron chi connectivity index (χ1n) is 9.12. The maximum atomic E-state index is 12.9. The van der Waals surface area contributed by atoms with Gasteiger partial charge in [0.1, 0.15) is 6.54 Å². The Hall–Kier alpha value is -1.68. The Labute approximate surface area is 170 Å². The standard InChI is InChI=1S/C18H24ClN3O5S/c1-13-3-4-15(11-16(13)19)28(25,26)20-7-5-14(6-8-20)22-12-17(23)21(18(22)24)9-10-27-2/h3-4,11,14H,5-10,12H2,1-2H3. The molecule has 1 aromatic rings. The van der Waals surface area contributed by atoms with Crippen molar-refractivity contribution in [1.82, 2.24) is 14.1 Å². The molecule has 0 unspecified atom stereocenters. The average Bonchev–Trinajstić information content (AvgIpc) is 2.96. The lowest BCUT2D eigenvalue weighted by Gasteiger charge is -2.35. The first kappa shape index (κ1) is 21.0. The fourth-order valence-electron chi connectivity index (χ4n) is 3.53. The van der Waals surface area contributed by atoms with Gasteiger partial charge in [-0.2, -0.15) is 4.31 Å². The fourth-order valence-corrected chi connectivity index (χ4v) is 5.27. The molecule has 2 fully saturated rings.